The molecule has 2 N–H and O–H groups in total. The highest BCUT2D eigenvalue weighted by atomic mass is 15.3. The number of hydrogen-bond donors (Lipinski definition) is 2. The number of anilines is 2. The van der Waals surface area contributed by atoms with Crippen LogP contribution in [0.15, 0.2) is 30.5 Å². The summed E-state index contributed by atoms with van der Waals surface area (Å²) in [6.07, 6.45) is 3.08. The summed E-state index contributed by atoms with van der Waals surface area (Å²) in [5, 5.41) is 27.2. The maximum atomic E-state index is 9.36. The van der Waals surface area contributed by atoms with Crippen LogP contribution >= 0.6 is 0 Å². The van der Waals surface area contributed by atoms with E-state index < -0.39 is 0 Å². The van der Waals surface area contributed by atoms with Crippen LogP contribution < -0.4 is 15.5 Å². The number of benzene rings is 1. The average Bonchev–Trinajstić information content (AvgIpc) is 3.03. The topological polar surface area (TPSA) is 89.8 Å². The summed E-state index contributed by atoms with van der Waals surface area (Å²) in [6, 6.07) is 11.4. The fraction of sp³-hybridized carbons (Fsp3) is 0.391. The van der Waals surface area contributed by atoms with E-state index in [9.17, 15) is 5.26 Å². The number of aryl methyl sites for hydroxylation is 1. The van der Waals surface area contributed by atoms with Crippen molar-refractivity contribution in [1.82, 2.24) is 20.5 Å². The number of aromatic nitrogens is 3. The van der Waals surface area contributed by atoms with E-state index in [-0.39, 0.29) is 6.04 Å². The summed E-state index contributed by atoms with van der Waals surface area (Å²) >= 11 is 0. The van der Waals surface area contributed by atoms with Crippen molar-refractivity contribution in [3.05, 3.63) is 52.8 Å². The number of nitriles is 1. The minimum absolute atomic E-state index is 0.0119. The lowest BCUT2D eigenvalue weighted by Gasteiger charge is -2.37. The zero-order chi connectivity index (χ0) is 20.8. The second-order valence-corrected chi connectivity index (χ2v) is 8.28. The first-order valence-electron chi connectivity index (χ1n) is 10.5. The van der Waals surface area contributed by atoms with Crippen molar-refractivity contribution in [2.24, 2.45) is 0 Å². The molecule has 2 unspecified atom stereocenters. The summed E-state index contributed by atoms with van der Waals surface area (Å²) in [4.78, 5) is 7.16. The lowest BCUT2D eigenvalue weighted by Crippen LogP contribution is -2.59. The molecule has 2 aliphatic rings. The predicted molar refractivity (Wildman–Crippen MR) is 118 cm³/mol. The quantitative estimate of drug-likeness (QED) is 0.696. The van der Waals surface area contributed by atoms with Gasteiger partial charge in [-0.2, -0.15) is 10.4 Å². The van der Waals surface area contributed by atoms with E-state index in [4.69, 9.17) is 4.98 Å². The predicted octanol–water partition coefficient (Wildman–Crippen LogP) is 3.24. The number of fused-ring (bicyclic) bond motifs is 2. The normalized spacial score (nSPS) is 21.1. The van der Waals surface area contributed by atoms with Gasteiger partial charge in [0.1, 0.15) is 5.82 Å². The molecule has 3 atom stereocenters. The maximum absolute atomic E-state index is 9.36. The molecule has 30 heavy (non-hydrogen) atoms. The van der Waals surface area contributed by atoms with Gasteiger partial charge in [0.2, 0.25) is 0 Å². The Balaban J connectivity index is 1.52. The smallest absolute Gasteiger partial charge is 0.157 e. The molecule has 4 heterocycles. The van der Waals surface area contributed by atoms with Crippen LogP contribution in [0.4, 0.5) is 11.6 Å². The van der Waals surface area contributed by atoms with Crippen LogP contribution in [0.1, 0.15) is 41.8 Å². The summed E-state index contributed by atoms with van der Waals surface area (Å²) in [5.41, 5.74) is 3.65. The van der Waals surface area contributed by atoms with Gasteiger partial charge < -0.3 is 15.5 Å². The van der Waals surface area contributed by atoms with Gasteiger partial charge in [0.05, 0.1) is 29.4 Å². The molecule has 7 heteroatoms. The molecule has 5 rings (SSSR count). The molecule has 0 amide bonds. The van der Waals surface area contributed by atoms with E-state index >= 15 is 0 Å². The summed E-state index contributed by atoms with van der Waals surface area (Å²) in [6.45, 7) is 8.09. The SMILES string of the molecule is Cc1c(C#N)cccc1[C@@H](C)Nc1nnc(C)c2cnc(N3CCC4NCC43)cc12. The highest BCUT2D eigenvalue weighted by Crippen LogP contribution is 2.33. The molecule has 1 aromatic carbocycles. The van der Waals surface area contributed by atoms with Crippen LogP contribution in [0.25, 0.3) is 10.8 Å². The molecule has 0 radical (unpaired) electrons. The van der Waals surface area contributed by atoms with E-state index in [0.29, 0.717) is 17.6 Å². The Morgan fingerprint density at radius 2 is 2.13 bits per heavy atom. The third-order valence-corrected chi connectivity index (χ3v) is 6.58. The molecule has 0 saturated carbocycles. The minimum atomic E-state index is -0.0119. The Hall–Kier alpha value is -3.24. The summed E-state index contributed by atoms with van der Waals surface area (Å²) < 4.78 is 0. The summed E-state index contributed by atoms with van der Waals surface area (Å²) in [7, 11) is 0. The summed E-state index contributed by atoms with van der Waals surface area (Å²) in [5.74, 6) is 1.75. The fourth-order valence-electron chi connectivity index (χ4n) is 4.69. The first kappa shape index (κ1) is 18.8. The van der Waals surface area contributed by atoms with Crippen LogP contribution in [0.5, 0.6) is 0 Å². The first-order chi connectivity index (χ1) is 14.6. The zero-order valence-electron chi connectivity index (χ0n) is 17.5. The second kappa shape index (κ2) is 7.22. The molecule has 152 valence electrons. The van der Waals surface area contributed by atoms with E-state index in [0.717, 1.165) is 58.7 Å². The number of nitrogens with zero attached hydrogens (tertiary/aromatic N) is 5. The van der Waals surface area contributed by atoms with Crippen LogP contribution in [0.3, 0.4) is 0 Å². The number of pyridine rings is 1. The Morgan fingerprint density at radius 1 is 1.27 bits per heavy atom. The fourth-order valence-corrected chi connectivity index (χ4v) is 4.69. The number of nitrogens with one attached hydrogen (secondary N) is 2. The molecule has 0 bridgehead atoms. The van der Waals surface area contributed by atoms with Gasteiger partial charge in [-0.25, -0.2) is 4.98 Å². The monoisotopic (exact) mass is 399 g/mol. The van der Waals surface area contributed by atoms with Gasteiger partial charge in [-0.3, -0.25) is 0 Å². The molecule has 7 nitrogen and oxygen atoms in total. The van der Waals surface area contributed by atoms with E-state index in [1.165, 1.54) is 0 Å². The highest BCUT2D eigenvalue weighted by molar-refractivity contribution is 5.94. The van der Waals surface area contributed by atoms with Crippen molar-refractivity contribution < 1.29 is 0 Å². The van der Waals surface area contributed by atoms with Gasteiger partial charge in [-0.15, -0.1) is 5.10 Å². The Labute approximate surface area is 176 Å². The maximum Gasteiger partial charge on any atom is 0.157 e. The number of hydrogen-bond acceptors (Lipinski definition) is 7. The Bertz CT molecular complexity index is 1170. The molecule has 0 spiro atoms. The lowest BCUT2D eigenvalue weighted by molar-refractivity contribution is 0.347. The molecule has 3 aromatic rings. The van der Waals surface area contributed by atoms with Crippen molar-refractivity contribution in [2.75, 3.05) is 23.3 Å². The van der Waals surface area contributed by atoms with E-state index in [2.05, 4.69) is 50.9 Å². The van der Waals surface area contributed by atoms with Crippen molar-refractivity contribution in [3.8, 4) is 6.07 Å². The van der Waals surface area contributed by atoms with Crippen LogP contribution in [-0.2, 0) is 0 Å². The Kier molecular flexibility index (Phi) is 4.52. The zero-order valence-corrected chi connectivity index (χ0v) is 17.5. The molecule has 0 aliphatic carbocycles. The van der Waals surface area contributed by atoms with Crippen LogP contribution in [-0.4, -0.2) is 40.4 Å². The molecule has 2 fully saturated rings. The van der Waals surface area contributed by atoms with Crippen LogP contribution in [0, 0.1) is 25.2 Å². The van der Waals surface area contributed by atoms with E-state index in [1.807, 2.05) is 32.2 Å². The highest BCUT2D eigenvalue weighted by Gasteiger charge is 2.41. The Morgan fingerprint density at radius 3 is 2.87 bits per heavy atom. The minimum Gasteiger partial charge on any atom is -0.362 e. The molecule has 2 saturated heterocycles. The standard InChI is InChI=1S/C23H25N7/c1-13-16(10-24)5-4-6-17(13)14(2)27-23-18-9-22(26-11-19(18)15(3)28-29-23)30-8-7-20-21(30)12-25-20/h4-6,9,11,14,20-21,25H,7-8,12H2,1-3H3,(H,27,29)/t14-,20?,21?/m1/s1. The molecular formula is C23H25N7. The lowest BCUT2D eigenvalue weighted by atomic mass is 9.98. The largest absolute Gasteiger partial charge is 0.362 e. The van der Waals surface area contributed by atoms with Crippen molar-refractivity contribution >= 4 is 22.4 Å². The molecule has 2 aromatic heterocycles. The van der Waals surface area contributed by atoms with Gasteiger partial charge in [0.15, 0.2) is 5.82 Å². The van der Waals surface area contributed by atoms with Gasteiger partial charge >= 0.3 is 0 Å². The number of rotatable bonds is 4. The van der Waals surface area contributed by atoms with Gasteiger partial charge in [0.25, 0.3) is 0 Å². The second-order valence-electron chi connectivity index (χ2n) is 8.28. The van der Waals surface area contributed by atoms with Crippen molar-refractivity contribution in [3.63, 3.8) is 0 Å². The molecule has 2 aliphatic heterocycles. The van der Waals surface area contributed by atoms with Gasteiger partial charge in [-0.1, -0.05) is 12.1 Å². The third-order valence-electron chi connectivity index (χ3n) is 6.58. The van der Waals surface area contributed by atoms with Crippen molar-refractivity contribution in [2.45, 2.75) is 45.3 Å². The first-order valence-corrected chi connectivity index (χ1v) is 10.5. The average molecular weight is 400 g/mol. The van der Waals surface area contributed by atoms with E-state index in [1.54, 1.807) is 0 Å². The van der Waals surface area contributed by atoms with Crippen molar-refractivity contribution in [1.29, 1.82) is 5.26 Å². The van der Waals surface area contributed by atoms with Gasteiger partial charge in [0, 0.05) is 36.1 Å². The van der Waals surface area contributed by atoms with Crippen LogP contribution in [0.2, 0.25) is 0 Å². The molecular weight excluding hydrogens is 374 g/mol. The van der Waals surface area contributed by atoms with Gasteiger partial charge in [-0.05, 0) is 50.5 Å². The third kappa shape index (κ3) is 2.96.